The van der Waals surface area contributed by atoms with E-state index in [9.17, 15) is 13.9 Å². The standard InChI is InChI=1S/C17H17F2NO3/c1-17(2,21)12-9-13(16-22-7-8-23-16)20-15(14(12)19)10-3-5-11(18)6-4-10/h3-6,9,16,21H,7-8H2,1-2H3. The Labute approximate surface area is 132 Å². The van der Waals surface area contributed by atoms with Crippen LogP contribution in [0, 0.1) is 11.6 Å². The fraction of sp³-hybridized carbons (Fsp3) is 0.353. The number of benzene rings is 1. The number of rotatable bonds is 3. The second kappa shape index (κ2) is 5.96. The molecule has 0 unspecified atom stereocenters. The van der Waals surface area contributed by atoms with Gasteiger partial charge in [-0.2, -0.15) is 0 Å². The monoisotopic (exact) mass is 321 g/mol. The highest BCUT2D eigenvalue weighted by Crippen LogP contribution is 2.33. The Morgan fingerprint density at radius 2 is 1.74 bits per heavy atom. The molecule has 23 heavy (non-hydrogen) atoms. The topological polar surface area (TPSA) is 51.6 Å². The largest absolute Gasteiger partial charge is 0.386 e. The first-order valence-electron chi connectivity index (χ1n) is 7.28. The van der Waals surface area contributed by atoms with Crippen LogP contribution in [0.5, 0.6) is 0 Å². The van der Waals surface area contributed by atoms with E-state index in [1.807, 2.05) is 0 Å². The number of hydrogen-bond donors (Lipinski definition) is 1. The van der Waals surface area contributed by atoms with Crippen molar-refractivity contribution >= 4 is 0 Å². The van der Waals surface area contributed by atoms with Crippen LogP contribution in [0.3, 0.4) is 0 Å². The first-order chi connectivity index (χ1) is 10.9. The third-order valence-corrected chi connectivity index (χ3v) is 3.62. The van der Waals surface area contributed by atoms with Crippen molar-refractivity contribution in [1.29, 1.82) is 0 Å². The molecular weight excluding hydrogens is 304 g/mol. The van der Waals surface area contributed by atoms with E-state index in [4.69, 9.17) is 9.47 Å². The Hall–Kier alpha value is -1.89. The number of nitrogens with zero attached hydrogens (tertiary/aromatic N) is 1. The quantitative estimate of drug-likeness (QED) is 0.942. The molecule has 0 spiro atoms. The van der Waals surface area contributed by atoms with E-state index in [0.29, 0.717) is 24.5 Å². The van der Waals surface area contributed by atoms with Gasteiger partial charge in [-0.3, -0.25) is 0 Å². The summed E-state index contributed by atoms with van der Waals surface area (Å²) in [5.74, 6) is -1.07. The lowest BCUT2D eigenvalue weighted by Gasteiger charge is -2.22. The van der Waals surface area contributed by atoms with Crippen LogP contribution in [-0.2, 0) is 15.1 Å². The van der Waals surface area contributed by atoms with Crippen molar-refractivity contribution in [2.24, 2.45) is 0 Å². The van der Waals surface area contributed by atoms with Gasteiger partial charge in [0.05, 0.1) is 24.5 Å². The summed E-state index contributed by atoms with van der Waals surface area (Å²) in [6.07, 6.45) is -0.698. The lowest BCUT2D eigenvalue weighted by atomic mass is 9.95. The Morgan fingerprint density at radius 1 is 1.13 bits per heavy atom. The summed E-state index contributed by atoms with van der Waals surface area (Å²) in [6, 6.07) is 6.79. The summed E-state index contributed by atoms with van der Waals surface area (Å²) < 4.78 is 38.7. The normalized spacial score (nSPS) is 16.0. The molecule has 0 bridgehead atoms. The van der Waals surface area contributed by atoms with Crippen LogP contribution in [-0.4, -0.2) is 23.3 Å². The fourth-order valence-corrected chi connectivity index (χ4v) is 2.44. The van der Waals surface area contributed by atoms with E-state index in [1.54, 1.807) is 0 Å². The summed E-state index contributed by atoms with van der Waals surface area (Å²) in [7, 11) is 0. The molecule has 1 saturated heterocycles. The van der Waals surface area contributed by atoms with E-state index in [0.717, 1.165) is 0 Å². The van der Waals surface area contributed by atoms with Crippen molar-refractivity contribution in [3.63, 3.8) is 0 Å². The first-order valence-corrected chi connectivity index (χ1v) is 7.28. The molecule has 3 rings (SSSR count). The maximum absolute atomic E-state index is 14.8. The number of halogens is 2. The van der Waals surface area contributed by atoms with Crippen molar-refractivity contribution in [3.8, 4) is 11.3 Å². The smallest absolute Gasteiger partial charge is 0.201 e. The second-order valence-corrected chi connectivity index (χ2v) is 5.90. The average molecular weight is 321 g/mol. The summed E-state index contributed by atoms with van der Waals surface area (Å²) in [5.41, 5.74) is -0.510. The predicted octanol–water partition coefficient (Wildman–Crippen LogP) is 3.30. The highest BCUT2D eigenvalue weighted by molar-refractivity contribution is 5.61. The molecule has 122 valence electrons. The van der Waals surface area contributed by atoms with Crippen molar-refractivity contribution in [2.45, 2.75) is 25.7 Å². The molecule has 1 aliphatic heterocycles. The van der Waals surface area contributed by atoms with Gasteiger partial charge in [0, 0.05) is 11.1 Å². The van der Waals surface area contributed by atoms with Gasteiger partial charge >= 0.3 is 0 Å². The van der Waals surface area contributed by atoms with Crippen LogP contribution >= 0.6 is 0 Å². The van der Waals surface area contributed by atoms with Gasteiger partial charge in [-0.05, 0) is 44.2 Å². The number of pyridine rings is 1. The average Bonchev–Trinajstić information content (AvgIpc) is 3.01. The van der Waals surface area contributed by atoms with Crippen LogP contribution in [0.4, 0.5) is 8.78 Å². The molecule has 1 aromatic carbocycles. The number of aromatic nitrogens is 1. The molecule has 2 heterocycles. The molecule has 0 amide bonds. The molecule has 1 N–H and O–H groups in total. The zero-order valence-electron chi connectivity index (χ0n) is 12.8. The molecule has 1 aromatic heterocycles. The molecule has 6 heteroatoms. The van der Waals surface area contributed by atoms with Crippen LogP contribution < -0.4 is 0 Å². The van der Waals surface area contributed by atoms with Gasteiger partial charge in [0.1, 0.15) is 11.5 Å². The number of hydrogen-bond acceptors (Lipinski definition) is 4. The van der Waals surface area contributed by atoms with Gasteiger partial charge in [0.2, 0.25) is 6.29 Å². The zero-order chi connectivity index (χ0) is 16.6. The summed E-state index contributed by atoms with van der Waals surface area (Å²) in [6.45, 7) is 3.82. The highest BCUT2D eigenvalue weighted by Gasteiger charge is 2.29. The van der Waals surface area contributed by atoms with Gasteiger partial charge in [0.15, 0.2) is 5.82 Å². The van der Waals surface area contributed by atoms with Crippen LogP contribution in [0.1, 0.15) is 31.4 Å². The Bertz CT molecular complexity index is 705. The summed E-state index contributed by atoms with van der Waals surface area (Å²) in [4.78, 5) is 4.27. The van der Waals surface area contributed by atoms with Gasteiger partial charge in [0.25, 0.3) is 0 Å². The van der Waals surface area contributed by atoms with Crippen molar-refractivity contribution < 1.29 is 23.4 Å². The van der Waals surface area contributed by atoms with Gasteiger partial charge in [-0.1, -0.05) is 0 Å². The fourth-order valence-electron chi connectivity index (χ4n) is 2.44. The maximum Gasteiger partial charge on any atom is 0.201 e. The molecule has 0 radical (unpaired) electrons. The molecule has 1 fully saturated rings. The van der Waals surface area contributed by atoms with Gasteiger partial charge < -0.3 is 14.6 Å². The van der Waals surface area contributed by atoms with Crippen molar-refractivity contribution in [1.82, 2.24) is 4.98 Å². The molecule has 0 atom stereocenters. The highest BCUT2D eigenvalue weighted by atomic mass is 19.1. The maximum atomic E-state index is 14.8. The second-order valence-electron chi connectivity index (χ2n) is 5.90. The van der Waals surface area contributed by atoms with Crippen LogP contribution in [0.15, 0.2) is 30.3 Å². The van der Waals surface area contributed by atoms with E-state index >= 15 is 0 Å². The van der Waals surface area contributed by atoms with E-state index in [-0.39, 0.29) is 11.3 Å². The van der Waals surface area contributed by atoms with Crippen molar-refractivity contribution in [2.75, 3.05) is 13.2 Å². The Morgan fingerprint density at radius 3 is 2.30 bits per heavy atom. The number of ether oxygens (including phenoxy) is 2. The molecule has 2 aromatic rings. The summed E-state index contributed by atoms with van der Waals surface area (Å²) >= 11 is 0. The zero-order valence-corrected chi connectivity index (χ0v) is 12.8. The Balaban J connectivity index is 2.16. The third-order valence-electron chi connectivity index (χ3n) is 3.62. The Kier molecular flexibility index (Phi) is 4.14. The lowest BCUT2D eigenvalue weighted by molar-refractivity contribution is -0.0476. The van der Waals surface area contributed by atoms with Crippen molar-refractivity contribution in [3.05, 3.63) is 53.2 Å². The van der Waals surface area contributed by atoms with Crippen LogP contribution in [0.2, 0.25) is 0 Å². The molecular formula is C17H17F2NO3. The predicted molar refractivity (Wildman–Crippen MR) is 79.5 cm³/mol. The molecule has 0 aliphatic carbocycles. The minimum atomic E-state index is -1.41. The lowest BCUT2D eigenvalue weighted by Crippen LogP contribution is -2.20. The number of aliphatic hydroxyl groups is 1. The molecule has 4 nitrogen and oxygen atoms in total. The van der Waals surface area contributed by atoms with E-state index < -0.39 is 23.5 Å². The first kappa shape index (κ1) is 16.0. The minimum absolute atomic E-state index is 0.0266. The van der Waals surface area contributed by atoms with Gasteiger partial charge in [-0.25, -0.2) is 13.8 Å². The van der Waals surface area contributed by atoms with E-state index in [2.05, 4.69) is 4.98 Å². The third kappa shape index (κ3) is 3.24. The molecule has 0 saturated carbocycles. The molecule has 1 aliphatic rings. The van der Waals surface area contributed by atoms with Crippen LogP contribution in [0.25, 0.3) is 11.3 Å². The van der Waals surface area contributed by atoms with E-state index in [1.165, 1.54) is 44.2 Å². The summed E-state index contributed by atoms with van der Waals surface area (Å²) in [5, 5.41) is 10.2. The van der Waals surface area contributed by atoms with Gasteiger partial charge in [-0.15, -0.1) is 0 Å². The minimum Gasteiger partial charge on any atom is -0.386 e. The SMILES string of the molecule is CC(C)(O)c1cc(C2OCCO2)nc(-c2ccc(F)cc2)c1F.